The van der Waals surface area contributed by atoms with Crippen molar-refractivity contribution in [1.82, 2.24) is 30.4 Å². The number of rotatable bonds is 5. The van der Waals surface area contributed by atoms with Crippen LogP contribution in [0.15, 0.2) is 78.9 Å². The molecule has 4 N–H and O–H groups in total. The van der Waals surface area contributed by atoms with E-state index >= 15 is 0 Å². The second kappa shape index (κ2) is 8.28. The Morgan fingerprint density at radius 3 is 2.41 bits per heavy atom. The molecule has 0 fully saturated rings. The fraction of sp³-hybridized carbons (Fsp3) is 0.0769. The number of nitrogen functional groups attached to an aromatic ring is 1. The second-order valence-electron chi connectivity index (χ2n) is 8.20. The third-order valence-electron chi connectivity index (χ3n) is 6.00. The molecule has 8 heteroatoms. The van der Waals surface area contributed by atoms with E-state index in [0.717, 1.165) is 39.1 Å². The van der Waals surface area contributed by atoms with Gasteiger partial charge in [-0.2, -0.15) is 10.3 Å². The Labute approximate surface area is 200 Å². The maximum atomic E-state index is 6.46. The standard InChI is InChI=1S/C26H20ClN7/c27-17-11-19(16-9-5-2-6-10-16)24-21(12-17)29-23(31-24)14-18(15-7-3-1-4-8-15)20-13-22(28)30-26-25(20)32-34-33-26/h1-13,18H,14H2,(H,29,31)(H3,28,30,32,33,34)/t18-/m1/s1. The zero-order chi connectivity index (χ0) is 23.1. The summed E-state index contributed by atoms with van der Waals surface area (Å²) in [5.74, 6) is 1.19. The molecule has 0 aliphatic carbocycles. The van der Waals surface area contributed by atoms with E-state index in [4.69, 9.17) is 22.3 Å². The third kappa shape index (κ3) is 3.66. The molecule has 0 spiro atoms. The molecule has 0 unspecified atom stereocenters. The van der Waals surface area contributed by atoms with E-state index in [1.54, 1.807) is 0 Å². The van der Waals surface area contributed by atoms with E-state index in [0.29, 0.717) is 28.4 Å². The van der Waals surface area contributed by atoms with Crippen LogP contribution in [0.2, 0.25) is 5.02 Å². The fourth-order valence-corrected chi connectivity index (χ4v) is 4.72. The van der Waals surface area contributed by atoms with Crippen molar-refractivity contribution in [1.29, 1.82) is 0 Å². The summed E-state index contributed by atoms with van der Waals surface area (Å²) in [6, 6.07) is 26.1. The molecule has 0 amide bonds. The molecule has 7 nitrogen and oxygen atoms in total. The lowest BCUT2D eigenvalue weighted by molar-refractivity contribution is 0.771. The van der Waals surface area contributed by atoms with Crippen molar-refractivity contribution < 1.29 is 0 Å². The van der Waals surface area contributed by atoms with Crippen molar-refractivity contribution in [3.63, 3.8) is 0 Å². The molecular weight excluding hydrogens is 446 g/mol. The van der Waals surface area contributed by atoms with Gasteiger partial charge in [0.2, 0.25) is 5.65 Å². The average molecular weight is 466 g/mol. The molecule has 0 saturated heterocycles. The first kappa shape index (κ1) is 20.4. The molecule has 166 valence electrons. The van der Waals surface area contributed by atoms with E-state index in [2.05, 4.69) is 49.6 Å². The maximum Gasteiger partial charge on any atom is 0.203 e. The molecule has 3 aromatic heterocycles. The van der Waals surface area contributed by atoms with Gasteiger partial charge in [-0.3, -0.25) is 0 Å². The molecule has 0 aliphatic heterocycles. The van der Waals surface area contributed by atoms with Crippen LogP contribution in [0.5, 0.6) is 0 Å². The van der Waals surface area contributed by atoms with Crippen molar-refractivity contribution in [2.75, 3.05) is 5.73 Å². The van der Waals surface area contributed by atoms with Gasteiger partial charge in [0.25, 0.3) is 0 Å². The molecule has 0 bridgehead atoms. The number of aromatic amines is 2. The van der Waals surface area contributed by atoms with E-state index in [-0.39, 0.29) is 5.92 Å². The molecule has 34 heavy (non-hydrogen) atoms. The summed E-state index contributed by atoms with van der Waals surface area (Å²) in [6.07, 6.45) is 0.607. The minimum absolute atomic E-state index is 0.0599. The Bertz CT molecular complexity index is 1610. The minimum atomic E-state index is -0.0599. The lowest BCUT2D eigenvalue weighted by Gasteiger charge is -2.17. The highest BCUT2D eigenvalue weighted by atomic mass is 35.5. The first-order valence-electron chi connectivity index (χ1n) is 10.9. The summed E-state index contributed by atoms with van der Waals surface area (Å²) in [7, 11) is 0. The van der Waals surface area contributed by atoms with E-state index in [1.165, 1.54) is 0 Å². The van der Waals surface area contributed by atoms with Gasteiger partial charge in [-0.25, -0.2) is 9.97 Å². The number of imidazole rings is 1. The van der Waals surface area contributed by atoms with Crippen LogP contribution >= 0.6 is 11.6 Å². The summed E-state index contributed by atoms with van der Waals surface area (Å²) in [6.45, 7) is 0. The van der Waals surface area contributed by atoms with Crippen LogP contribution in [-0.4, -0.2) is 30.4 Å². The normalized spacial score (nSPS) is 12.4. The average Bonchev–Trinajstić information content (AvgIpc) is 3.49. The quantitative estimate of drug-likeness (QED) is 0.311. The topological polar surface area (TPSA) is 109 Å². The Kier molecular flexibility index (Phi) is 4.96. The van der Waals surface area contributed by atoms with Crippen molar-refractivity contribution in [3.05, 3.63) is 101 Å². The summed E-state index contributed by atoms with van der Waals surface area (Å²) in [5, 5.41) is 11.8. The number of halogens is 1. The Balaban J connectivity index is 1.49. The molecule has 0 aliphatic rings. The summed E-state index contributed by atoms with van der Waals surface area (Å²) >= 11 is 6.46. The smallest absolute Gasteiger partial charge is 0.203 e. The number of fused-ring (bicyclic) bond motifs is 2. The van der Waals surface area contributed by atoms with Gasteiger partial charge in [0, 0.05) is 22.9 Å². The lowest BCUT2D eigenvalue weighted by atomic mass is 9.88. The predicted molar refractivity (Wildman–Crippen MR) is 135 cm³/mol. The van der Waals surface area contributed by atoms with Crippen LogP contribution in [-0.2, 0) is 6.42 Å². The molecule has 3 heterocycles. The molecule has 6 rings (SSSR count). The Morgan fingerprint density at radius 1 is 0.853 bits per heavy atom. The minimum Gasteiger partial charge on any atom is -0.384 e. The number of nitrogens with two attached hydrogens (primary N) is 1. The number of nitrogens with zero attached hydrogens (tertiary/aromatic N) is 4. The van der Waals surface area contributed by atoms with Crippen molar-refractivity contribution in [2.45, 2.75) is 12.3 Å². The van der Waals surface area contributed by atoms with Gasteiger partial charge >= 0.3 is 0 Å². The molecule has 1 atom stereocenters. The van der Waals surface area contributed by atoms with Crippen molar-refractivity contribution in [3.8, 4) is 11.1 Å². The van der Waals surface area contributed by atoms with Crippen molar-refractivity contribution >= 4 is 39.6 Å². The molecule has 0 saturated carbocycles. The van der Waals surface area contributed by atoms with Crippen LogP contribution in [0.1, 0.15) is 22.9 Å². The van der Waals surface area contributed by atoms with Crippen LogP contribution in [0.4, 0.5) is 5.82 Å². The first-order valence-corrected chi connectivity index (χ1v) is 11.3. The molecular formula is C26H20ClN7. The number of nitrogens with one attached hydrogen (secondary N) is 2. The number of hydrogen-bond donors (Lipinski definition) is 3. The number of anilines is 1. The van der Waals surface area contributed by atoms with Gasteiger partial charge in [0.15, 0.2) is 0 Å². The van der Waals surface area contributed by atoms with E-state index in [1.807, 2.05) is 54.6 Å². The van der Waals surface area contributed by atoms with Crippen LogP contribution in [0.3, 0.4) is 0 Å². The molecule has 6 aromatic rings. The molecule has 0 radical (unpaired) electrons. The van der Waals surface area contributed by atoms with Crippen LogP contribution < -0.4 is 5.73 Å². The number of aromatic nitrogens is 6. The number of H-pyrrole nitrogens is 2. The SMILES string of the molecule is Nc1cc([C@H](Cc2nc3c(-c4ccccc4)cc(Cl)cc3[nH]2)c2ccccc2)c2n[nH]nc2n1. The van der Waals surface area contributed by atoms with E-state index < -0.39 is 0 Å². The van der Waals surface area contributed by atoms with Gasteiger partial charge in [-0.15, -0.1) is 5.10 Å². The summed E-state index contributed by atoms with van der Waals surface area (Å²) in [5.41, 5.74) is 13.2. The zero-order valence-corrected chi connectivity index (χ0v) is 18.8. The summed E-state index contributed by atoms with van der Waals surface area (Å²) in [4.78, 5) is 12.8. The van der Waals surface area contributed by atoms with Crippen LogP contribution in [0, 0.1) is 0 Å². The Hall–Kier alpha value is -4.23. The number of hydrogen-bond acceptors (Lipinski definition) is 5. The summed E-state index contributed by atoms with van der Waals surface area (Å²) < 4.78 is 0. The number of pyridine rings is 1. The molecule has 3 aromatic carbocycles. The zero-order valence-electron chi connectivity index (χ0n) is 18.0. The van der Waals surface area contributed by atoms with E-state index in [9.17, 15) is 0 Å². The highest BCUT2D eigenvalue weighted by Crippen LogP contribution is 2.35. The highest BCUT2D eigenvalue weighted by molar-refractivity contribution is 6.31. The Morgan fingerprint density at radius 2 is 1.62 bits per heavy atom. The first-order chi connectivity index (χ1) is 16.7. The third-order valence-corrected chi connectivity index (χ3v) is 6.22. The predicted octanol–water partition coefficient (Wildman–Crippen LogP) is 5.51. The van der Waals surface area contributed by atoms with Gasteiger partial charge in [0.05, 0.1) is 11.0 Å². The van der Waals surface area contributed by atoms with Gasteiger partial charge < -0.3 is 10.7 Å². The fourth-order valence-electron chi connectivity index (χ4n) is 4.50. The van der Waals surface area contributed by atoms with Crippen molar-refractivity contribution in [2.24, 2.45) is 0 Å². The maximum absolute atomic E-state index is 6.46. The van der Waals surface area contributed by atoms with Gasteiger partial charge in [0.1, 0.15) is 17.2 Å². The van der Waals surface area contributed by atoms with Gasteiger partial charge in [-0.1, -0.05) is 72.3 Å². The second-order valence-corrected chi connectivity index (χ2v) is 8.64. The largest absolute Gasteiger partial charge is 0.384 e. The van der Waals surface area contributed by atoms with Crippen LogP contribution in [0.25, 0.3) is 33.3 Å². The monoisotopic (exact) mass is 465 g/mol. The lowest BCUT2D eigenvalue weighted by Crippen LogP contribution is -2.08. The number of benzene rings is 3. The van der Waals surface area contributed by atoms with Gasteiger partial charge in [-0.05, 0) is 34.9 Å². The highest BCUT2D eigenvalue weighted by Gasteiger charge is 2.23.